The molecular formula is C23H32O4. The highest BCUT2D eigenvalue weighted by atomic mass is 16.5. The lowest BCUT2D eigenvalue weighted by molar-refractivity contribution is 0.101. The maximum Gasteiger partial charge on any atom is 0.167 e. The van der Waals surface area contributed by atoms with Crippen LogP contribution in [0.15, 0.2) is 47.1 Å². The van der Waals surface area contributed by atoms with Crippen molar-refractivity contribution < 1.29 is 19.7 Å². The lowest BCUT2D eigenvalue weighted by Gasteiger charge is -2.09. The van der Waals surface area contributed by atoms with Crippen LogP contribution in [0.25, 0.3) is 0 Å². The molecule has 4 nitrogen and oxygen atoms in total. The first-order valence-corrected chi connectivity index (χ1v) is 9.35. The standard InChI is InChI=1S/C23H32O4/c1-16(2)8-6-9-17(3)10-7-11-18(4)12-13-27-20-14-21(25)23(19(5)24)22(26)15-20/h8,10,12,14-15,25-26H,6-7,9,11,13H2,1-5H3/b17-10+,18-12+. The number of rotatable bonds is 10. The van der Waals surface area contributed by atoms with Crippen molar-refractivity contribution in [3.63, 3.8) is 0 Å². The molecule has 0 amide bonds. The summed E-state index contributed by atoms with van der Waals surface area (Å²) < 4.78 is 5.55. The average Bonchev–Trinajstić information content (AvgIpc) is 2.53. The van der Waals surface area contributed by atoms with E-state index in [0.717, 1.165) is 25.7 Å². The van der Waals surface area contributed by atoms with Gasteiger partial charge in [0, 0.05) is 12.1 Å². The number of ketones is 1. The fraction of sp³-hybridized carbons (Fsp3) is 0.435. The molecule has 0 saturated heterocycles. The first-order chi connectivity index (χ1) is 12.7. The van der Waals surface area contributed by atoms with Crippen molar-refractivity contribution in [2.24, 2.45) is 0 Å². The molecule has 0 aliphatic carbocycles. The van der Waals surface area contributed by atoms with Gasteiger partial charge in [0.15, 0.2) is 5.78 Å². The molecule has 0 aliphatic heterocycles. The predicted octanol–water partition coefficient (Wildman–Crippen LogP) is 6.10. The number of aromatic hydroxyl groups is 2. The summed E-state index contributed by atoms with van der Waals surface area (Å²) in [7, 11) is 0. The smallest absolute Gasteiger partial charge is 0.167 e. The lowest BCUT2D eigenvalue weighted by Crippen LogP contribution is -1.98. The van der Waals surface area contributed by atoms with Gasteiger partial charge in [0.05, 0.1) is 0 Å². The summed E-state index contributed by atoms with van der Waals surface area (Å²) in [4.78, 5) is 11.4. The molecule has 2 N–H and O–H groups in total. The van der Waals surface area contributed by atoms with Gasteiger partial charge in [-0.25, -0.2) is 0 Å². The normalized spacial score (nSPS) is 12.0. The minimum atomic E-state index is -0.392. The zero-order chi connectivity index (χ0) is 20.4. The second-order valence-electron chi connectivity index (χ2n) is 7.16. The van der Waals surface area contributed by atoms with E-state index in [-0.39, 0.29) is 17.1 Å². The molecule has 0 atom stereocenters. The van der Waals surface area contributed by atoms with E-state index < -0.39 is 5.78 Å². The highest BCUT2D eigenvalue weighted by Gasteiger charge is 2.14. The van der Waals surface area contributed by atoms with Crippen LogP contribution in [0.2, 0.25) is 0 Å². The third kappa shape index (κ3) is 8.63. The predicted molar refractivity (Wildman–Crippen MR) is 111 cm³/mol. The van der Waals surface area contributed by atoms with Crippen LogP contribution in [0.4, 0.5) is 0 Å². The second kappa shape index (κ2) is 11.3. The number of benzene rings is 1. The average molecular weight is 373 g/mol. The maximum atomic E-state index is 11.4. The molecule has 4 heteroatoms. The molecule has 0 heterocycles. The van der Waals surface area contributed by atoms with Crippen molar-refractivity contribution in [3.8, 4) is 17.2 Å². The van der Waals surface area contributed by atoms with Gasteiger partial charge in [-0.1, -0.05) is 28.9 Å². The van der Waals surface area contributed by atoms with Crippen molar-refractivity contribution in [2.75, 3.05) is 6.61 Å². The van der Waals surface area contributed by atoms with E-state index in [4.69, 9.17) is 4.74 Å². The maximum absolute atomic E-state index is 11.4. The van der Waals surface area contributed by atoms with Crippen LogP contribution in [0.1, 0.15) is 70.7 Å². The van der Waals surface area contributed by atoms with Gasteiger partial charge in [-0.05, 0) is 66.4 Å². The zero-order valence-corrected chi connectivity index (χ0v) is 17.1. The monoisotopic (exact) mass is 372 g/mol. The van der Waals surface area contributed by atoms with Crippen LogP contribution in [-0.2, 0) is 0 Å². The van der Waals surface area contributed by atoms with Crippen molar-refractivity contribution in [1.82, 2.24) is 0 Å². The van der Waals surface area contributed by atoms with Gasteiger partial charge in [-0.15, -0.1) is 0 Å². The van der Waals surface area contributed by atoms with Gasteiger partial charge in [0.1, 0.15) is 29.4 Å². The Labute approximate surface area is 162 Å². The fourth-order valence-electron chi connectivity index (χ4n) is 2.65. The van der Waals surface area contributed by atoms with Crippen molar-refractivity contribution in [1.29, 1.82) is 0 Å². The van der Waals surface area contributed by atoms with Gasteiger partial charge in [0.25, 0.3) is 0 Å². The molecule has 0 saturated carbocycles. The Balaban J connectivity index is 2.47. The Hall–Kier alpha value is -2.49. The Bertz CT molecular complexity index is 712. The number of allylic oxidation sites excluding steroid dienone is 5. The summed E-state index contributed by atoms with van der Waals surface area (Å²) in [5.74, 6) is -0.607. The summed E-state index contributed by atoms with van der Waals surface area (Å²) in [5, 5.41) is 19.6. The first-order valence-electron chi connectivity index (χ1n) is 9.35. The Morgan fingerprint density at radius 3 is 1.93 bits per heavy atom. The highest BCUT2D eigenvalue weighted by Crippen LogP contribution is 2.32. The molecule has 0 aliphatic rings. The summed E-state index contributed by atoms with van der Waals surface area (Å²) in [6.07, 6.45) is 10.7. The molecule has 27 heavy (non-hydrogen) atoms. The van der Waals surface area contributed by atoms with E-state index in [1.165, 1.54) is 35.8 Å². The fourth-order valence-corrected chi connectivity index (χ4v) is 2.65. The number of phenols is 2. The molecule has 0 unspecified atom stereocenters. The van der Waals surface area contributed by atoms with Crippen LogP contribution in [-0.4, -0.2) is 22.6 Å². The van der Waals surface area contributed by atoms with Crippen LogP contribution in [0.3, 0.4) is 0 Å². The van der Waals surface area contributed by atoms with Crippen LogP contribution in [0, 0.1) is 0 Å². The zero-order valence-electron chi connectivity index (χ0n) is 17.1. The largest absolute Gasteiger partial charge is 0.507 e. The van der Waals surface area contributed by atoms with E-state index in [2.05, 4.69) is 39.8 Å². The minimum absolute atomic E-state index is 0.0826. The first kappa shape index (κ1) is 22.6. The summed E-state index contributed by atoms with van der Waals surface area (Å²) in [6, 6.07) is 2.69. The number of carbonyl (C=O) groups is 1. The Kier molecular flexibility index (Phi) is 9.41. The third-order valence-corrected chi connectivity index (χ3v) is 4.23. The molecule has 1 aromatic carbocycles. The van der Waals surface area contributed by atoms with E-state index in [9.17, 15) is 15.0 Å². The summed E-state index contributed by atoms with van der Waals surface area (Å²) >= 11 is 0. The van der Waals surface area contributed by atoms with Crippen LogP contribution >= 0.6 is 0 Å². The van der Waals surface area contributed by atoms with Crippen molar-refractivity contribution in [2.45, 2.75) is 60.3 Å². The highest BCUT2D eigenvalue weighted by molar-refractivity contribution is 5.99. The summed E-state index contributed by atoms with van der Waals surface area (Å²) in [5.41, 5.74) is 3.91. The van der Waals surface area contributed by atoms with Gasteiger partial charge in [0.2, 0.25) is 0 Å². The van der Waals surface area contributed by atoms with E-state index >= 15 is 0 Å². The number of carbonyl (C=O) groups excluding carboxylic acids is 1. The van der Waals surface area contributed by atoms with Gasteiger partial charge < -0.3 is 14.9 Å². The van der Waals surface area contributed by atoms with Crippen LogP contribution in [0.5, 0.6) is 17.2 Å². The third-order valence-electron chi connectivity index (χ3n) is 4.23. The van der Waals surface area contributed by atoms with Gasteiger partial charge in [-0.2, -0.15) is 0 Å². The topological polar surface area (TPSA) is 66.8 Å². The van der Waals surface area contributed by atoms with Gasteiger partial charge in [-0.3, -0.25) is 4.79 Å². The van der Waals surface area contributed by atoms with Gasteiger partial charge >= 0.3 is 0 Å². The summed E-state index contributed by atoms with van der Waals surface area (Å²) in [6.45, 7) is 10.1. The van der Waals surface area contributed by atoms with Crippen LogP contribution < -0.4 is 4.74 Å². The van der Waals surface area contributed by atoms with E-state index in [1.54, 1.807) is 0 Å². The second-order valence-corrected chi connectivity index (χ2v) is 7.16. The Morgan fingerprint density at radius 2 is 1.41 bits per heavy atom. The van der Waals surface area contributed by atoms with Crippen molar-refractivity contribution in [3.05, 3.63) is 52.6 Å². The number of hydrogen-bond acceptors (Lipinski definition) is 4. The molecule has 0 radical (unpaired) electrons. The lowest BCUT2D eigenvalue weighted by atomic mass is 10.1. The molecular weight excluding hydrogens is 340 g/mol. The van der Waals surface area contributed by atoms with E-state index in [0.29, 0.717) is 12.4 Å². The minimum Gasteiger partial charge on any atom is -0.507 e. The SMILES string of the molecule is CC(=O)c1c(O)cc(OC/C=C(\C)CC/C=C(\C)CCC=C(C)C)cc1O. The molecule has 1 aromatic rings. The Morgan fingerprint density at radius 1 is 0.889 bits per heavy atom. The molecule has 0 bridgehead atoms. The molecule has 0 fully saturated rings. The van der Waals surface area contributed by atoms with E-state index in [1.807, 2.05) is 6.08 Å². The van der Waals surface area contributed by atoms with Crippen molar-refractivity contribution >= 4 is 5.78 Å². The quantitative estimate of drug-likeness (QED) is 0.385. The molecule has 1 rings (SSSR count). The number of ether oxygens (including phenoxy) is 1. The molecule has 0 spiro atoms. The number of phenolic OH excluding ortho intramolecular Hbond substituents is 2. The number of hydrogen-bond donors (Lipinski definition) is 2. The number of Topliss-reactive ketones (excluding diaryl/α,β-unsaturated/α-hetero) is 1. The molecule has 0 aromatic heterocycles. The molecule has 148 valence electrons.